The molecule has 1 N–H and O–H groups in total. The summed E-state index contributed by atoms with van der Waals surface area (Å²) in [5.41, 5.74) is 2.24. The Hall–Kier alpha value is -1.71. The molecule has 0 bridgehead atoms. The monoisotopic (exact) mass is 195 g/mol. The van der Waals surface area contributed by atoms with Crippen LogP contribution in [0.3, 0.4) is 0 Å². The molecule has 1 amide bonds. The fourth-order valence-electron chi connectivity index (χ4n) is 0.936. The van der Waals surface area contributed by atoms with Gasteiger partial charge in [-0.25, -0.2) is 0 Å². The second kappa shape index (κ2) is 5.11. The number of hydrogen-bond donors (Lipinski definition) is 1. The van der Waals surface area contributed by atoms with Crippen LogP contribution in [0.4, 0.5) is 0 Å². The molecule has 0 aliphatic rings. The molecule has 4 heteroatoms. The lowest BCUT2D eigenvalue weighted by molar-refractivity contribution is -0.125. The van der Waals surface area contributed by atoms with Crippen LogP contribution in [-0.2, 0) is 4.79 Å². The van der Waals surface area contributed by atoms with Gasteiger partial charge in [-0.05, 0) is 19.1 Å². The number of amides is 1. The van der Waals surface area contributed by atoms with Gasteiger partial charge in [-0.3, -0.25) is 4.79 Å². The maximum absolute atomic E-state index is 10.6. The average molecular weight is 195 g/mol. The van der Waals surface area contributed by atoms with Gasteiger partial charge in [0, 0.05) is 6.92 Å². The van der Waals surface area contributed by atoms with Crippen LogP contribution in [0.2, 0.25) is 0 Å². The number of carbonyl (C=O) groups excluding carboxylic acids is 1. The van der Waals surface area contributed by atoms with Crippen molar-refractivity contribution < 1.29 is 14.4 Å². The smallest absolute Gasteiger partial charge is 0.249 e. The first kappa shape index (κ1) is 10.4. The molecule has 14 heavy (non-hydrogen) atoms. The van der Waals surface area contributed by atoms with Crippen molar-refractivity contribution in [3.63, 3.8) is 0 Å². The molecule has 0 aliphatic heterocycles. The van der Waals surface area contributed by atoms with E-state index in [1.807, 2.05) is 13.0 Å². The molecule has 0 spiro atoms. The van der Waals surface area contributed by atoms with Crippen molar-refractivity contribution in [3.05, 3.63) is 24.3 Å². The number of benzene rings is 1. The maximum Gasteiger partial charge on any atom is 0.249 e. The Balaban J connectivity index is 2.68. The molecular formula is C10H13NO3. The Morgan fingerprint density at radius 2 is 2.00 bits per heavy atom. The summed E-state index contributed by atoms with van der Waals surface area (Å²) >= 11 is 0. The average Bonchev–Trinajstić information content (AvgIpc) is 2.17. The molecule has 0 saturated carbocycles. The molecule has 0 aliphatic carbocycles. The summed E-state index contributed by atoms with van der Waals surface area (Å²) in [5, 5.41) is 0. The number of nitrogens with one attached hydrogen (secondary N) is 1. The predicted molar refractivity (Wildman–Crippen MR) is 52.1 cm³/mol. The van der Waals surface area contributed by atoms with Crippen molar-refractivity contribution in [3.8, 4) is 11.5 Å². The summed E-state index contributed by atoms with van der Waals surface area (Å²) in [5.74, 6) is 0.865. The van der Waals surface area contributed by atoms with Crippen LogP contribution in [0.15, 0.2) is 24.3 Å². The topological polar surface area (TPSA) is 47.6 Å². The third-order valence-corrected chi connectivity index (χ3v) is 1.45. The van der Waals surface area contributed by atoms with E-state index in [0.29, 0.717) is 18.1 Å². The van der Waals surface area contributed by atoms with Crippen LogP contribution in [0.5, 0.6) is 11.5 Å². The van der Waals surface area contributed by atoms with Gasteiger partial charge in [0.15, 0.2) is 11.5 Å². The molecule has 4 nitrogen and oxygen atoms in total. The lowest BCUT2D eigenvalue weighted by atomic mass is 10.3. The quantitative estimate of drug-likeness (QED) is 0.741. The van der Waals surface area contributed by atoms with Gasteiger partial charge in [-0.2, -0.15) is 5.48 Å². The number of rotatable bonds is 4. The summed E-state index contributed by atoms with van der Waals surface area (Å²) in [4.78, 5) is 15.6. The predicted octanol–water partition coefficient (Wildman–Crippen LogP) is 1.52. The Morgan fingerprint density at radius 1 is 1.36 bits per heavy atom. The SMILES string of the molecule is CCOc1ccccc1ONC(C)=O. The van der Waals surface area contributed by atoms with Crippen molar-refractivity contribution >= 4 is 5.91 Å². The molecular weight excluding hydrogens is 182 g/mol. The molecule has 0 radical (unpaired) electrons. The highest BCUT2D eigenvalue weighted by molar-refractivity contribution is 5.71. The first-order valence-corrected chi connectivity index (χ1v) is 4.39. The van der Waals surface area contributed by atoms with Gasteiger partial charge in [0.2, 0.25) is 5.91 Å². The van der Waals surface area contributed by atoms with Crippen LogP contribution in [0.1, 0.15) is 13.8 Å². The number of hydroxylamine groups is 1. The van der Waals surface area contributed by atoms with E-state index in [2.05, 4.69) is 5.48 Å². The van der Waals surface area contributed by atoms with Crippen molar-refractivity contribution in [1.29, 1.82) is 0 Å². The Labute approximate surface area is 82.8 Å². The fourth-order valence-corrected chi connectivity index (χ4v) is 0.936. The van der Waals surface area contributed by atoms with Crippen molar-refractivity contribution in [2.45, 2.75) is 13.8 Å². The van der Waals surface area contributed by atoms with E-state index in [4.69, 9.17) is 9.57 Å². The van der Waals surface area contributed by atoms with Gasteiger partial charge in [0.05, 0.1) is 6.61 Å². The standard InChI is InChI=1S/C10H13NO3/c1-3-13-9-6-4-5-7-10(9)14-11-8(2)12/h4-7H,3H2,1-2H3,(H,11,12). The molecule has 1 aromatic rings. The molecule has 1 aromatic carbocycles. The minimum atomic E-state index is -0.253. The normalized spacial score (nSPS) is 9.29. The summed E-state index contributed by atoms with van der Waals surface area (Å²) in [6, 6.07) is 7.15. The summed E-state index contributed by atoms with van der Waals surface area (Å²) in [6.45, 7) is 3.82. The molecule has 0 saturated heterocycles. The van der Waals surface area contributed by atoms with Gasteiger partial charge >= 0.3 is 0 Å². The molecule has 0 atom stereocenters. The van der Waals surface area contributed by atoms with Crippen LogP contribution in [0, 0.1) is 0 Å². The van der Waals surface area contributed by atoms with E-state index in [9.17, 15) is 4.79 Å². The van der Waals surface area contributed by atoms with E-state index in [0.717, 1.165) is 0 Å². The van der Waals surface area contributed by atoms with E-state index in [1.165, 1.54) is 6.92 Å². The van der Waals surface area contributed by atoms with E-state index < -0.39 is 0 Å². The maximum atomic E-state index is 10.6. The highest BCUT2D eigenvalue weighted by Gasteiger charge is 2.03. The second-order valence-corrected chi connectivity index (χ2v) is 2.64. The van der Waals surface area contributed by atoms with Gasteiger partial charge in [0.1, 0.15) is 0 Å². The number of hydrogen-bond acceptors (Lipinski definition) is 3. The number of ether oxygens (including phenoxy) is 1. The Kier molecular flexibility index (Phi) is 3.79. The van der Waals surface area contributed by atoms with Crippen LogP contribution in [0.25, 0.3) is 0 Å². The Bertz CT molecular complexity index is 312. The van der Waals surface area contributed by atoms with Crippen molar-refractivity contribution in [2.24, 2.45) is 0 Å². The first-order valence-electron chi connectivity index (χ1n) is 4.39. The molecule has 0 unspecified atom stereocenters. The molecule has 0 aromatic heterocycles. The number of carbonyl (C=O) groups is 1. The van der Waals surface area contributed by atoms with E-state index >= 15 is 0 Å². The van der Waals surface area contributed by atoms with Crippen LogP contribution >= 0.6 is 0 Å². The van der Waals surface area contributed by atoms with Gasteiger partial charge in [-0.15, -0.1) is 0 Å². The third-order valence-electron chi connectivity index (χ3n) is 1.45. The summed E-state index contributed by atoms with van der Waals surface area (Å²) in [7, 11) is 0. The van der Waals surface area contributed by atoms with Crippen molar-refractivity contribution in [2.75, 3.05) is 6.61 Å². The zero-order valence-electron chi connectivity index (χ0n) is 8.24. The molecule has 0 heterocycles. The zero-order valence-corrected chi connectivity index (χ0v) is 8.24. The molecule has 76 valence electrons. The minimum absolute atomic E-state index is 0.253. The van der Waals surface area contributed by atoms with E-state index in [-0.39, 0.29) is 5.91 Å². The highest BCUT2D eigenvalue weighted by Crippen LogP contribution is 2.25. The number of para-hydroxylation sites is 2. The van der Waals surface area contributed by atoms with Crippen molar-refractivity contribution in [1.82, 2.24) is 5.48 Å². The Morgan fingerprint density at radius 3 is 2.57 bits per heavy atom. The fraction of sp³-hybridized carbons (Fsp3) is 0.300. The molecule has 1 rings (SSSR count). The second-order valence-electron chi connectivity index (χ2n) is 2.64. The lowest BCUT2D eigenvalue weighted by Crippen LogP contribution is -2.23. The van der Waals surface area contributed by atoms with E-state index in [1.54, 1.807) is 18.2 Å². The zero-order chi connectivity index (χ0) is 10.4. The minimum Gasteiger partial charge on any atom is -0.490 e. The molecule has 0 fully saturated rings. The largest absolute Gasteiger partial charge is 0.490 e. The highest BCUT2D eigenvalue weighted by atomic mass is 16.7. The first-order chi connectivity index (χ1) is 6.74. The third kappa shape index (κ3) is 2.97. The van der Waals surface area contributed by atoms with Gasteiger partial charge in [0.25, 0.3) is 0 Å². The summed E-state index contributed by atoms with van der Waals surface area (Å²) in [6.07, 6.45) is 0. The van der Waals surface area contributed by atoms with Crippen LogP contribution in [-0.4, -0.2) is 12.5 Å². The summed E-state index contributed by atoms with van der Waals surface area (Å²) < 4.78 is 5.29. The van der Waals surface area contributed by atoms with Gasteiger partial charge < -0.3 is 9.57 Å². The lowest BCUT2D eigenvalue weighted by Gasteiger charge is -2.09. The van der Waals surface area contributed by atoms with Crippen LogP contribution < -0.4 is 15.1 Å². The van der Waals surface area contributed by atoms with Gasteiger partial charge in [-0.1, -0.05) is 12.1 Å².